The summed E-state index contributed by atoms with van der Waals surface area (Å²) in [6, 6.07) is 12.8. The van der Waals surface area contributed by atoms with Crippen LogP contribution in [0.5, 0.6) is 5.75 Å². The summed E-state index contributed by atoms with van der Waals surface area (Å²) in [6.45, 7) is 5.02. The summed E-state index contributed by atoms with van der Waals surface area (Å²) < 4.78 is 5.72. The zero-order chi connectivity index (χ0) is 19.6. The van der Waals surface area contributed by atoms with E-state index in [-0.39, 0.29) is 11.8 Å². The van der Waals surface area contributed by atoms with Gasteiger partial charge in [0.15, 0.2) is 6.10 Å². The molecule has 2 aromatic rings. The fourth-order valence-electron chi connectivity index (χ4n) is 2.92. The first kappa shape index (κ1) is 18.9. The minimum atomic E-state index is -0.521. The fourth-order valence-corrected chi connectivity index (χ4v) is 2.92. The lowest BCUT2D eigenvalue weighted by Gasteiger charge is -2.34. The monoisotopic (exact) mass is 367 g/mol. The third-order valence-electron chi connectivity index (χ3n) is 4.51. The van der Waals surface area contributed by atoms with Gasteiger partial charge >= 0.3 is 0 Å². The van der Waals surface area contributed by atoms with Gasteiger partial charge in [0.05, 0.1) is 5.69 Å². The lowest BCUT2D eigenvalue weighted by molar-refractivity contribution is -0.125. The summed E-state index contributed by atoms with van der Waals surface area (Å²) in [6.07, 6.45) is -0.521. The standard InChI is InChI=1S/C21H25N3O3/c1-14-5-7-16(8-6-14)20(25)22-17-9-10-19-18(13-17)24(12-11-23(3)4)21(26)15(2)27-19/h5-10,13,15H,11-12H2,1-4H3,(H,22,25). The van der Waals surface area contributed by atoms with Gasteiger partial charge in [-0.3, -0.25) is 9.59 Å². The Morgan fingerprint density at radius 2 is 1.89 bits per heavy atom. The number of hydrogen-bond acceptors (Lipinski definition) is 4. The van der Waals surface area contributed by atoms with Crippen LogP contribution in [-0.2, 0) is 4.79 Å². The molecule has 6 heteroatoms. The van der Waals surface area contributed by atoms with Crippen molar-refractivity contribution >= 4 is 23.2 Å². The summed E-state index contributed by atoms with van der Waals surface area (Å²) in [5, 5.41) is 2.90. The second-order valence-corrected chi connectivity index (χ2v) is 7.06. The second kappa shape index (κ2) is 7.80. The van der Waals surface area contributed by atoms with Crippen molar-refractivity contribution in [3.63, 3.8) is 0 Å². The van der Waals surface area contributed by atoms with Crippen LogP contribution < -0.4 is 15.0 Å². The molecule has 0 radical (unpaired) electrons. The van der Waals surface area contributed by atoms with Gasteiger partial charge in [-0.1, -0.05) is 17.7 Å². The van der Waals surface area contributed by atoms with Gasteiger partial charge in [0, 0.05) is 24.3 Å². The van der Waals surface area contributed by atoms with Crippen LogP contribution in [0.4, 0.5) is 11.4 Å². The van der Waals surface area contributed by atoms with Gasteiger partial charge in [-0.05, 0) is 58.3 Å². The predicted octanol–water partition coefficient (Wildman–Crippen LogP) is 2.92. The maximum atomic E-state index is 12.6. The minimum Gasteiger partial charge on any atom is -0.479 e. The Bertz CT molecular complexity index is 846. The smallest absolute Gasteiger partial charge is 0.267 e. The average Bonchev–Trinajstić information content (AvgIpc) is 2.63. The number of carbonyl (C=O) groups is 2. The number of anilines is 2. The highest BCUT2D eigenvalue weighted by atomic mass is 16.5. The molecule has 0 bridgehead atoms. The van der Waals surface area contributed by atoms with Crippen LogP contribution in [0.15, 0.2) is 42.5 Å². The highest BCUT2D eigenvalue weighted by molar-refractivity contribution is 6.05. The highest BCUT2D eigenvalue weighted by Gasteiger charge is 2.31. The number of fused-ring (bicyclic) bond motifs is 1. The van der Waals surface area contributed by atoms with E-state index in [1.807, 2.05) is 38.1 Å². The Morgan fingerprint density at radius 1 is 1.19 bits per heavy atom. The molecule has 0 fully saturated rings. The summed E-state index contributed by atoms with van der Waals surface area (Å²) >= 11 is 0. The first-order chi connectivity index (χ1) is 12.8. The molecule has 2 aromatic carbocycles. The molecule has 142 valence electrons. The highest BCUT2D eigenvalue weighted by Crippen LogP contribution is 2.36. The molecule has 0 saturated heterocycles. The van der Waals surface area contributed by atoms with Crippen LogP contribution in [0, 0.1) is 6.92 Å². The zero-order valence-corrected chi connectivity index (χ0v) is 16.2. The molecular formula is C21H25N3O3. The normalized spacial score (nSPS) is 16.1. The molecule has 0 aromatic heterocycles. The van der Waals surface area contributed by atoms with Crippen molar-refractivity contribution in [3.05, 3.63) is 53.6 Å². The van der Waals surface area contributed by atoms with E-state index in [0.29, 0.717) is 29.2 Å². The molecular weight excluding hydrogens is 342 g/mol. The molecule has 0 saturated carbocycles. The number of rotatable bonds is 5. The van der Waals surface area contributed by atoms with Crippen molar-refractivity contribution in [1.29, 1.82) is 0 Å². The number of ether oxygens (including phenoxy) is 1. The maximum Gasteiger partial charge on any atom is 0.267 e. The molecule has 0 aliphatic carbocycles. The molecule has 0 spiro atoms. The summed E-state index contributed by atoms with van der Waals surface area (Å²) in [5.74, 6) is 0.381. The van der Waals surface area contributed by atoms with Crippen LogP contribution in [-0.4, -0.2) is 50.0 Å². The lowest BCUT2D eigenvalue weighted by atomic mass is 10.1. The van der Waals surface area contributed by atoms with E-state index in [1.165, 1.54) is 0 Å². The Morgan fingerprint density at radius 3 is 2.56 bits per heavy atom. The van der Waals surface area contributed by atoms with E-state index in [4.69, 9.17) is 4.74 Å². The summed E-state index contributed by atoms with van der Waals surface area (Å²) in [5.41, 5.74) is 2.99. The van der Waals surface area contributed by atoms with Gasteiger partial charge in [-0.15, -0.1) is 0 Å². The van der Waals surface area contributed by atoms with Crippen molar-refractivity contribution in [3.8, 4) is 5.75 Å². The number of likely N-dealkylation sites (N-methyl/N-ethyl adjacent to an activating group) is 1. The van der Waals surface area contributed by atoms with Crippen LogP contribution >= 0.6 is 0 Å². The van der Waals surface area contributed by atoms with E-state index in [0.717, 1.165) is 12.1 Å². The molecule has 6 nitrogen and oxygen atoms in total. The molecule has 27 heavy (non-hydrogen) atoms. The molecule has 1 atom stereocenters. The molecule has 1 N–H and O–H groups in total. The van der Waals surface area contributed by atoms with Gasteiger partial charge in [-0.25, -0.2) is 0 Å². The molecule has 3 rings (SSSR count). The number of benzene rings is 2. The first-order valence-corrected chi connectivity index (χ1v) is 9.00. The number of aryl methyl sites for hydroxylation is 1. The van der Waals surface area contributed by atoms with Gasteiger partial charge in [-0.2, -0.15) is 0 Å². The largest absolute Gasteiger partial charge is 0.479 e. The molecule has 1 aliphatic heterocycles. The van der Waals surface area contributed by atoms with Gasteiger partial charge in [0.2, 0.25) is 0 Å². The molecule has 1 aliphatic rings. The average molecular weight is 367 g/mol. The van der Waals surface area contributed by atoms with E-state index in [2.05, 4.69) is 5.32 Å². The number of nitrogens with zero attached hydrogens (tertiary/aromatic N) is 2. The van der Waals surface area contributed by atoms with Crippen molar-refractivity contribution in [1.82, 2.24) is 4.90 Å². The first-order valence-electron chi connectivity index (χ1n) is 9.00. The van der Waals surface area contributed by atoms with Crippen molar-refractivity contribution < 1.29 is 14.3 Å². The van der Waals surface area contributed by atoms with E-state index in [9.17, 15) is 9.59 Å². The Kier molecular flexibility index (Phi) is 5.46. The van der Waals surface area contributed by atoms with Gasteiger partial charge in [0.25, 0.3) is 11.8 Å². The maximum absolute atomic E-state index is 12.6. The third kappa shape index (κ3) is 4.28. The minimum absolute atomic E-state index is 0.0774. The second-order valence-electron chi connectivity index (χ2n) is 7.06. The Balaban J connectivity index is 1.84. The zero-order valence-electron chi connectivity index (χ0n) is 16.2. The SMILES string of the molecule is Cc1ccc(C(=O)Nc2ccc3c(c2)N(CCN(C)C)C(=O)C(C)O3)cc1. The fraction of sp³-hybridized carbons (Fsp3) is 0.333. The Hall–Kier alpha value is -2.86. The number of nitrogens with one attached hydrogen (secondary N) is 1. The van der Waals surface area contributed by atoms with E-state index < -0.39 is 6.10 Å². The third-order valence-corrected chi connectivity index (χ3v) is 4.51. The van der Waals surface area contributed by atoms with Crippen molar-refractivity contribution in [2.75, 3.05) is 37.4 Å². The van der Waals surface area contributed by atoms with Crippen molar-refractivity contribution in [2.24, 2.45) is 0 Å². The van der Waals surface area contributed by atoms with Crippen molar-refractivity contribution in [2.45, 2.75) is 20.0 Å². The quantitative estimate of drug-likeness (QED) is 0.883. The van der Waals surface area contributed by atoms with Crippen LogP contribution in [0.25, 0.3) is 0 Å². The predicted molar refractivity (Wildman–Crippen MR) is 107 cm³/mol. The van der Waals surface area contributed by atoms with Gasteiger partial charge in [0.1, 0.15) is 5.75 Å². The van der Waals surface area contributed by atoms with Crippen LogP contribution in [0.2, 0.25) is 0 Å². The number of carbonyl (C=O) groups excluding carboxylic acids is 2. The Labute approximate surface area is 159 Å². The van der Waals surface area contributed by atoms with E-state index >= 15 is 0 Å². The topological polar surface area (TPSA) is 61.9 Å². The van der Waals surface area contributed by atoms with E-state index in [1.54, 1.807) is 42.2 Å². The molecule has 2 amide bonds. The number of hydrogen-bond donors (Lipinski definition) is 1. The van der Waals surface area contributed by atoms with Gasteiger partial charge < -0.3 is 19.9 Å². The number of amides is 2. The lowest BCUT2D eigenvalue weighted by Crippen LogP contribution is -2.46. The van der Waals surface area contributed by atoms with Crippen LogP contribution in [0.3, 0.4) is 0 Å². The molecule has 1 unspecified atom stereocenters. The molecule has 1 heterocycles. The van der Waals surface area contributed by atoms with Crippen LogP contribution in [0.1, 0.15) is 22.8 Å². The summed E-state index contributed by atoms with van der Waals surface area (Å²) in [7, 11) is 3.93. The summed E-state index contributed by atoms with van der Waals surface area (Å²) in [4.78, 5) is 28.8.